The van der Waals surface area contributed by atoms with Crippen LogP contribution in [0.1, 0.15) is 12.5 Å². The summed E-state index contributed by atoms with van der Waals surface area (Å²) in [6.07, 6.45) is 1.95. The van der Waals surface area contributed by atoms with Crippen molar-refractivity contribution in [2.75, 3.05) is 7.11 Å². The second kappa shape index (κ2) is 4.17. The zero-order valence-corrected chi connectivity index (χ0v) is 7.93. The van der Waals surface area contributed by atoms with E-state index in [0.717, 1.165) is 16.3 Å². The summed E-state index contributed by atoms with van der Waals surface area (Å²) in [6.45, 7) is 1.91. The number of allylic oxidation sites excluding steroid dienone is 1. The van der Waals surface area contributed by atoms with E-state index >= 15 is 0 Å². The van der Waals surface area contributed by atoms with Crippen molar-refractivity contribution in [3.8, 4) is 0 Å². The standard InChI is InChI=1S/C10H11ClO/c1-8(12-2)7-9-3-5-10(11)6-4-9/h3-7H,1-2H3. The Balaban J connectivity index is 2.84. The average molecular weight is 183 g/mol. The van der Waals surface area contributed by atoms with Crippen molar-refractivity contribution in [1.82, 2.24) is 0 Å². The third kappa shape index (κ3) is 2.59. The van der Waals surface area contributed by atoms with Crippen LogP contribution >= 0.6 is 11.6 Å². The van der Waals surface area contributed by atoms with E-state index in [-0.39, 0.29) is 0 Å². The average Bonchev–Trinajstić information content (AvgIpc) is 2.09. The van der Waals surface area contributed by atoms with E-state index in [0.29, 0.717) is 0 Å². The maximum Gasteiger partial charge on any atom is 0.0930 e. The Morgan fingerprint density at radius 2 is 1.92 bits per heavy atom. The topological polar surface area (TPSA) is 9.23 Å². The van der Waals surface area contributed by atoms with Gasteiger partial charge in [-0.1, -0.05) is 23.7 Å². The Morgan fingerprint density at radius 3 is 2.42 bits per heavy atom. The first-order valence-corrected chi connectivity index (χ1v) is 4.08. The molecule has 0 spiro atoms. The fourth-order valence-electron chi connectivity index (χ4n) is 0.853. The van der Waals surface area contributed by atoms with E-state index in [1.807, 2.05) is 37.3 Å². The number of hydrogen-bond acceptors (Lipinski definition) is 1. The van der Waals surface area contributed by atoms with Crippen LogP contribution < -0.4 is 0 Å². The number of rotatable bonds is 2. The Labute approximate surface area is 77.6 Å². The SMILES string of the molecule is COC(C)=Cc1ccc(Cl)cc1. The summed E-state index contributed by atoms with van der Waals surface area (Å²) in [5, 5.41) is 0.752. The fraction of sp³-hybridized carbons (Fsp3) is 0.200. The molecule has 0 heterocycles. The summed E-state index contributed by atoms with van der Waals surface area (Å²) in [6, 6.07) is 7.61. The highest BCUT2D eigenvalue weighted by atomic mass is 35.5. The van der Waals surface area contributed by atoms with Gasteiger partial charge >= 0.3 is 0 Å². The molecule has 0 atom stereocenters. The van der Waals surface area contributed by atoms with Crippen LogP contribution in [-0.2, 0) is 4.74 Å². The molecule has 0 aliphatic carbocycles. The van der Waals surface area contributed by atoms with Crippen molar-refractivity contribution < 1.29 is 4.74 Å². The lowest BCUT2D eigenvalue weighted by atomic mass is 10.2. The zero-order valence-electron chi connectivity index (χ0n) is 7.17. The first kappa shape index (κ1) is 9.14. The number of halogens is 1. The molecule has 0 unspecified atom stereocenters. The molecule has 1 aromatic carbocycles. The highest BCUT2D eigenvalue weighted by Gasteiger charge is 1.90. The molecule has 0 aromatic heterocycles. The Hall–Kier alpha value is -0.950. The molecule has 0 saturated carbocycles. The third-order valence-corrected chi connectivity index (χ3v) is 1.81. The molecule has 1 aromatic rings. The molecule has 0 aliphatic heterocycles. The predicted octanol–water partition coefficient (Wildman–Crippen LogP) is 3.35. The van der Waals surface area contributed by atoms with Gasteiger partial charge in [-0.05, 0) is 30.7 Å². The zero-order chi connectivity index (χ0) is 8.97. The molecule has 1 rings (SSSR count). The normalized spacial score (nSPS) is 11.4. The highest BCUT2D eigenvalue weighted by molar-refractivity contribution is 6.30. The first-order chi connectivity index (χ1) is 5.72. The molecule has 0 N–H and O–H groups in total. The minimum Gasteiger partial charge on any atom is -0.501 e. The van der Waals surface area contributed by atoms with Crippen molar-refractivity contribution in [3.63, 3.8) is 0 Å². The van der Waals surface area contributed by atoms with E-state index in [2.05, 4.69) is 0 Å². The Bertz CT molecular complexity index is 274. The lowest BCUT2D eigenvalue weighted by Crippen LogP contribution is -1.79. The van der Waals surface area contributed by atoms with Crippen molar-refractivity contribution in [3.05, 3.63) is 40.6 Å². The Morgan fingerprint density at radius 1 is 1.33 bits per heavy atom. The summed E-state index contributed by atoms with van der Waals surface area (Å²) >= 11 is 5.73. The summed E-state index contributed by atoms with van der Waals surface area (Å²) in [4.78, 5) is 0. The van der Waals surface area contributed by atoms with Gasteiger partial charge in [-0.15, -0.1) is 0 Å². The van der Waals surface area contributed by atoms with Gasteiger partial charge in [0.25, 0.3) is 0 Å². The van der Waals surface area contributed by atoms with Crippen molar-refractivity contribution in [1.29, 1.82) is 0 Å². The highest BCUT2D eigenvalue weighted by Crippen LogP contribution is 2.12. The second-order valence-corrected chi connectivity index (χ2v) is 2.95. The maximum atomic E-state index is 5.73. The molecule has 1 nitrogen and oxygen atoms in total. The van der Waals surface area contributed by atoms with E-state index in [4.69, 9.17) is 16.3 Å². The van der Waals surface area contributed by atoms with Gasteiger partial charge in [0.2, 0.25) is 0 Å². The van der Waals surface area contributed by atoms with Gasteiger partial charge in [-0.3, -0.25) is 0 Å². The summed E-state index contributed by atoms with van der Waals surface area (Å²) in [5.74, 6) is 0.886. The van der Waals surface area contributed by atoms with Crippen LogP contribution in [0.3, 0.4) is 0 Å². The lowest BCUT2D eigenvalue weighted by molar-refractivity contribution is 0.297. The van der Waals surface area contributed by atoms with Crippen LogP contribution in [0.2, 0.25) is 5.02 Å². The van der Waals surface area contributed by atoms with Gasteiger partial charge in [-0.25, -0.2) is 0 Å². The van der Waals surface area contributed by atoms with Crippen LogP contribution in [0.4, 0.5) is 0 Å². The molecule has 12 heavy (non-hydrogen) atoms. The van der Waals surface area contributed by atoms with Crippen molar-refractivity contribution >= 4 is 17.7 Å². The fourth-order valence-corrected chi connectivity index (χ4v) is 0.979. The van der Waals surface area contributed by atoms with Crippen LogP contribution in [0.5, 0.6) is 0 Å². The number of methoxy groups -OCH3 is 1. The molecule has 0 fully saturated rings. The monoisotopic (exact) mass is 182 g/mol. The molecule has 64 valence electrons. The van der Waals surface area contributed by atoms with Crippen LogP contribution in [-0.4, -0.2) is 7.11 Å². The van der Waals surface area contributed by atoms with Crippen LogP contribution in [0.25, 0.3) is 6.08 Å². The largest absolute Gasteiger partial charge is 0.501 e. The van der Waals surface area contributed by atoms with Gasteiger partial charge in [0, 0.05) is 5.02 Å². The number of benzene rings is 1. The van der Waals surface area contributed by atoms with Crippen LogP contribution in [0, 0.1) is 0 Å². The molecule has 0 amide bonds. The van der Waals surface area contributed by atoms with Gasteiger partial charge in [0.15, 0.2) is 0 Å². The van der Waals surface area contributed by atoms with E-state index in [9.17, 15) is 0 Å². The minimum absolute atomic E-state index is 0.752. The molecule has 0 saturated heterocycles. The first-order valence-electron chi connectivity index (χ1n) is 3.70. The quantitative estimate of drug-likeness (QED) is 0.638. The minimum atomic E-state index is 0.752. The van der Waals surface area contributed by atoms with Crippen LogP contribution in [0.15, 0.2) is 30.0 Å². The van der Waals surface area contributed by atoms with E-state index < -0.39 is 0 Å². The van der Waals surface area contributed by atoms with Gasteiger partial charge in [0.05, 0.1) is 12.9 Å². The van der Waals surface area contributed by atoms with E-state index in [1.165, 1.54) is 0 Å². The van der Waals surface area contributed by atoms with Crippen molar-refractivity contribution in [2.24, 2.45) is 0 Å². The second-order valence-electron chi connectivity index (χ2n) is 2.51. The Kier molecular flexibility index (Phi) is 3.18. The maximum absolute atomic E-state index is 5.73. The summed E-state index contributed by atoms with van der Waals surface area (Å²) < 4.78 is 5.01. The molecular weight excluding hydrogens is 172 g/mol. The molecule has 0 radical (unpaired) electrons. The molecule has 0 bridgehead atoms. The van der Waals surface area contributed by atoms with Crippen molar-refractivity contribution in [2.45, 2.75) is 6.92 Å². The van der Waals surface area contributed by atoms with Gasteiger partial charge < -0.3 is 4.74 Å². The van der Waals surface area contributed by atoms with Gasteiger partial charge in [0.1, 0.15) is 0 Å². The number of hydrogen-bond donors (Lipinski definition) is 0. The predicted molar refractivity (Wildman–Crippen MR) is 52.1 cm³/mol. The smallest absolute Gasteiger partial charge is 0.0930 e. The molecular formula is C10H11ClO. The van der Waals surface area contributed by atoms with Gasteiger partial charge in [-0.2, -0.15) is 0 Å². The summed E-state index contributed by atoms with van der Waals surface area (Å²) in [7, 11) is 1.65. The lowest BCUT2D eigenvalue weighted by Gasteiger charge is -1.98. The third-order valence-electron chi connectivity index (χ3n) is 1.56. The number of ether oxygens (including phenoxy) is 1. The molecule has 0 aliphatic rings. The molecule has 2 heteroatoms. The summed E-state index contributed by atoms with van der Waals surface area (Å²) in [5.41, 5.74) is 1.10. The van der Waals surface area contributed by atoms with E-state index in [1.54, 1.807) is 7.11 Å².